The Bertz CT molecular complexity index is 1820. The zero-order valence-corrected chi connectivity index (χ0v) is 53.8. The molecule has 0 saturated heterocycles. The molecule has 472 valence electrons. The summed E-state index contributed by atoms with van der Waals surface area (Å²) in [5, 5.41) is 11.8. The molecule has 9 nitrogen and oxygen atoms in total. The third kappa shape index (κ3) is 64.8. The first kappa shape index (κ1) is 78.4. The molecule has 2 unspecified atom stereocenters. The second-order valence-corrected chi connectivity index (χ2v) is 23.0. The third-order valence-corrected chi connectivity index (χ3v) is 13.9. The Balaban J connectivity index is 4.18. The van der Waals surface area contributed by atoms with Gasteiger partial charge in [0.05, 0.1) is 40.3 Å². The highest BCUT2D eigenvalue weighted by Gasteiger charge is 2.22. The van der Waals surface area contributed by atoms with Crippen molar-refractivity contribution in [3.8, 4) is 0 Å². The Morgan fingerprint density at radius 2 is 0.687 bits per heavy atom. The van der Waals surface area contributed by atoms with E-state index in [9.17, 15) is 19.5 Å². The van der Waals surface area contributed by atoms with Gasteiger partial charge in [-0.2, -0.15) is 0 Å². The fourth-order valence-corrected chi connectivity index (χ4v) is 8.84. The van der Waals surface area contributed by atoms with Crippen molar-refractivity contribution in [3.63, 3.8) is 0 Å². The van der Waals surface area contributed by atoms with Crippen LogP contribution in [0.2, 0.25) is 0 Å². The number of esters is 2. The molecule has 0 N–H and O–H groups in total. The van der Waals surface area contributed by atoms with E-state index in [0.29, 0.717) is 17.4 Å². The molecule has 0 aromatic rings. The Labute approximate surface area is 509 Å². The Morgan fingerprint density at radius 1 is 0.373 bits per heavy atom. The van der Waals surface area contributed by atoms with Gasteiger partial charge in [0.1, 0.15) is 13.2 Å². The minimum Gasteiger partial charge on any atom is -0.545 e. The number of ether oxygens (including phenoxy) is 4. The highest BCUT2D eigenvalue weighted by atomic mass is 16.7. The van der Waals surface area contributed by atoms with Crippen LogP contribution < -0.4 is 5.11 Å². The Morgan fingerprint density at radius 3 is 1.02 bits per heavy atom. The lowest BCUT2D eigenvalue weighted by molar-refractivity contribution is -0.870. The summed E-state index contributed by atoms with van der Waals surface area (Å²) >= 11 is 0. The maximum absolute atomic E-state index is 12.9. The van der Waals surface area contributed by atoms with Crippen molar-refractivity contribution < 1.29 is 42.9 Å². The van der Waals surface area contributed by atoms with Crippen molar-refractivity contribution in [3.05, 3.63) is 134 Å². The zero-order chi connectivity index (χ0) is 60.5. The van der Waals surface area contributed by atoms with Gasteiger partial charge < -0.3 is 33.3 Å². The van der Waals surface area contributed by atoms with Crippen molar-refractivity contribution in [1.82, 2.24) is 0 Å². The molecule has 0 aliphatic carbocycles. The molecule has 0 amide bonds. The molecule has 0 saturated carbocycles. The van der Waals surface area contributed by atoms with Gasteiger partial charge in [0, 0.05) is 12.8 Å². The van der Waals surface area contributed by atoms with E-state index in [1.165, 1.54) is 109 Å². The monoisotopic (exact) mass is 1150 g/mol. The molecule has 0 radical (unpaired) electrons. The first-order valence-electron chi connectivity index (χ1n) is 33.3. The van der Waals surface area contributed by atoms with Gasteiger partial charge in [0.25, 0.3) is 0 Å². The lowest BCUT2D eigenvalue weighted by Gasteiger charge is -2.26. The van der Waals surface area contributed by atoms with Gasteiger partial charge in [-0.15, -0.1) is 0 Å². The summed E-state index contributed by atoms with van der Waals surface area (Å²) in [6.07, 6.45) is 88.0. The van der Waals surface area contributed by atoms with Gasteiger partial charge in [-0.3, -0.25) is 9.59 Å². The van der Waals surface area contributed by atoms with Crippen LogP contribution in [0.1, 0.15) is 258 Å². The average molecular weight is 1150 g/mol. The first-order chi connectivity index (χ1) is 40.6. The molecule has 0 aromatic carbocycles. The second-order valence-electron chi connectivity index (χ2n) is 23.0. The van der Waals surface area contributed by atoms with Crippen molar-refractivity contribution in [1.29, 1.82) is 0 Å². The summed E-state index contributed by atoms with van der Waals surface area (Å²) in [5.41, 5.74) is 0. The number of hydrogen-bond donors (Lipinski definition) is 0. The lowest BCUT2D eigenvalue weighted by Crippen LogP contribution is -2.44. The van der Waals surface area contributed by atoms with Crippen LogP contribution in [0.25, 0.3) is 0 Å². The van der Waals surface area contributed by atoms with Gasteiger partial charge in [-0.05, 0) is 96.3 Å². The Kier molecular flexibility index (Phi) is 60.0. The number of hydrogen-bond acceptors (Lipinski definition) is 8. The van der Waals surface area contributed by atoms with E-state index in [1.807, 2.05) is 21.1 Å². The molecule has 2 atom stereocenters. The van der Waals surface area contributed by atoms with Crippen molar-refractivity contribution in [2.24, 2.45) is 0 Å². The summed E-state index contributed by atoms with van der Waals surface area (Å²) < 4.78 is 22.7. The smallest absolute Gasteiger partial charge is 0.306 e. The lowest BCUT2D eigenvalue weighted by atomic mass is 10.0. The predicted octanol–water partition coefficient (Wildman–Crippen LogP) is 19.2. The minimum absolute atomic E-state index is 0.141. The highest BCUT2D eigenvalue weighted by Crippen LogP contribution is 2.16. The largest absolute Gasteiger partial charge is 0.545 e. The summed E-state index contributed by atoms with van der Waals surface area (Å²) in [5.74, 6) is -2.30. The minimum atomic E-state index is -1.63. The molecular weight excluding hydrogens is 1030 g/mol. The number of allylic oxidation sites excluding steroid dienone is 22. The number of nitrogens with zero attached hydrogens (tertiary/aromatic N) is 1. The third-order valence-electron chi connectivity index (χ3n) is 13.9. The molecule has 83 heavy (non-hydrogen) atoms. The van der Waals surface area contributed by atoms with Crippen LogP contribution in [-0.4, -0.2) is 82.3 Å². The normalized spacial score (nSPS) is 13.6. The number of likely N-dealkylation sites (N-methyl/N-ethyl adjacent to an activating group) is 1. The number of unbranched alkanes of at least 4 members (excludes halogenated alkanes) is 23. The van der Waals surface area contributed by atoms with E-state index in [2.05, 4.69) is 148 Å². The number of carboxylic acid groups (broad SMARTS) is 1. The van der Waals surface area contributed by atoms with Crippen LogP contribution >= 0.6 is 0 Å². The van der Waals surface area contributed by atoms with Crippen LogP contribution in [0.15, 0.2) is 134 Å². The van der Waals surface area contributed by atoms with E-state index in [-0.39, 0.29) is 38.6 Å². The van der Waals surface area contributed by atoms with Gasteiger partial charge in [-0.1, -0.05) is 282 Å². The molecule has 9 heteroatoms. The second kappa shape index (κ2) is 63.5. The van der Waals surface area contributed by atoms with Crippen LogP contribution in [0.4, 0.5) is 0 Å². The molecule has 0 bridgehead atoms. The SMILES string of the molecule is CC/C=C\C/C=C\C/C=C\C/C=C\C/C=C\C/C=C\C/C=C\C/C=C\C/C=C\C/C=C\C/C=C\CCCCCCCCCC(=O)OC(COC(=O)CCCCCCCCCCCCCCCCCCC)COC(OCC[N+](C)(C)C)C(=O)[O-]. The van der Waals surface area contributed by atoms with E-state index in [0.717, 1.165) is 116 Å². The summed E-state index contributed by atoms with van der Waals surface area (Å²) in [6, 6.07) is 0. The number of carbonyl (C=O) groups is 3. The molecule has 0 rings (SSSR count). The fraction of sp³-hybridized carbons (Fsp3) is 0.662. The summed E-state index contributed by atoms with van der Waals surface area (Å²) in [6.45, 7) is 4.63. The van der Waals surface area contributed by atoms with Crippen LogP contribution in [0.5, 0.6) is 0 Å². The number of aliphatic carboxylic acids is 1. The Hall–Kier alpha value is -4.57. The molecule has 0 heterocycles. The molecule has 0 fully saturated rings. The van der Waals surface area contributed by atoms with Gasteiger partial charge in [-0.25, -0.2) is 0 Å². The molecular formula is C74H123NO8. The standard InChI is InChI=1S/C74H123NO8/c1-6-8-10-12-14-16-18-20-22-24-25-26-27-28-29-30-31-32-33-34-35-36-37-38-39-40-41-42-43-44-45-46-47-49-51-53-55-57-59-61-63-65-72(77)83-70(69-82-74(73(78)79)80-67-66-75(3,4)5)68-81-71(76)64-62-60-58-56-54-52-50-48-23-21-19-17-15-13-11-9-7-2/h8,10,14,16,20,22,25-26,28-29,31-32,34-35,37-38,40-41,43-44,46-47,70,74H,6-7,9,11-13,15,17-19,21,23-24,27,30,33,36,39,42,45,48-69H2,1-5H3/b10-8-,16-14-,22-20-,26-25-,29-28-,32-31-,35-34-,38-37-,41-40-,44-43-,47-46-. The predicted molar refractivity (Wildman–Crippen MR) is 352 cm³/mol. The van der Waals surface area contributed by atoms with Crippen molar-refractivity contribution in [2.45, 2.75) is 270 Å². The van der Waals surface area contributed by atoms with Crippen LogP contribution in [0, 0.1) is 0 Å². The van der Waals surface area contributed by atoms with Gasteiger partial charge >= 0.3 is 11.9 Å². The number of carbonyl (C=O) groups excluding carboxylic acids is 3. The maximum Gasteiger partial charge on any atom is 0.306 e. The summed E-state index contributed by atoms with van der Waals surface area (Å²) in [7, 11) is 5.92. The first-order valence-corrected chi connectivity index (χ1v) is 33.3. The topological polar surface area (TPSA) is 111 Å². The maximum atomic E-state index is 12.9. The van der Waals surface area contributed by atoms with Crippen LogP contribution in [0.3, 0.4) is 0 Å². The molecule has 0 aromatic heterocycles. The van der Waals surface area contributed by atoms with E-state index in [1.54, 1.807) is 0 Å². The average Bonchev–Trinajstić information content (AvgIpc) is 3.46. The number of rotatable bonds is 60. The highest BCUT2D eigenvalue weighted by molar-refractivity contribution is 5.70. The number of carboxylic acids is 1. The number of quaternary nitrogens is 1. The molecule has 0 spiro atoms. The van der Waals surface area contributed by atoms with Crippen molar-refractivity contribution in [2.75, 3.05) is 47.5 Å². The van der Waals surface area contributed by atoms with E-state index in [4.69, 9.17) is 18.9 Å². The fourth-order valence-electron chi connectivity index (χ4n) is 8.84. The van der Waals surface area contributed by atoms with Crippen molar-refractivity contribution >= 4 is 17.9 Å². The zero-order valence-electron chi connectivity index (χ0n) is 53.8. The molecule has 0 aliphatic rings. The van der Waals surface area contributed by atoms with Gasteiger partial charge in [0.2, 0.25) is 0 Å². The van der Waals surface area contributed by atoms with Crippen LogP contribution in [-0.2, 0) is 33.3 Å². The van der Waals surface area contributed by atoms with E-state index < -0.39 is 24.3 Å². The summed E-state index contributed by atoms with van der Waals surface area (Å²) in [4.78, 5) is 37.4. The van der Waals surface area contributed by atoms with Gasteiger partial charge in [0.15, 0.2) is 12.4 Å². The van der Waals surface area contributed by atoms with E-state index >= 15 is 0 Å². The quantitative estimate of drug-likeness (QED) is 0.0195. The molecule has 0 aliphatic heterocycles.